The van der Waals surface area contributed by atoms with Gasteiger partial charge in [-0.1, -0.05) is 6.92 Å². The minimum atomic E-state index is -0.496. The van der Waals surface area contributed by atoms with Gasteiger partial charge in [0, 0.05) is 17.5 Å². The van der Waals surface area contributed by atoms with Crippen molar-refractivity contribution in [1.29, 1.82) is 0 Å². The van der Waals surface area contributed by atoms with E-state index in [1.54, 1.807) is 0 Å². The van der Waals surface area contributed by atoms with Crippen LogP contribution in [0.4, 0.5) is 0 Å². The number of esters is 2. The lowest BCUT2D eigenvalue weighted by atomic mass is 9.65. The van der Waals surface area contributed by atoms with E-state index in [0.717, 1.165) is 24.0 Å². The van der Waals surface area contributed by atoms with Crippen molar-refractivity contribution in [2.24, 2.45) is 26.7 Å². The highest BCUT2D eigenvalue weighted by atomic mass is 16.6. The van der Waals surface area contributed by atoms with Gasteiger partial charge in [-0.2, -0.15) is 0 Å². The average molecular weight is 358 g/mol. The summed E-state index contributed by atoms with van der Waals surface area (Å²) < 4.78 is 11.1. The zero-order valence-corrected chi connectivity index (χ0v) is 16.3. The third kappa shape index (κ3) is 2.63. The number of ether oxygens (including phenoxy) is 2. The van der Waals surface area contributed by atoms with E-state index in [4.69, 9.17) is 9.47 Å². The van der Waals surface area contributed by atoms with Crippen molar-refractivity contribution in [1.82, 2.24) is 0 Å². The lowest BCUT2D eigenvalue weighted by molar-refractivity contribution is -0.141. The van der Waals surface area contributed by atoms with Gasteiger partial charge in [0.2, 0.25) is 5.90 Å². The van der Waals surface area contributed by atoms with Crippen LogP contribution in [-0.4, -0.2) is 30.7 Å². The maximum atomic E-state index is 12.2. The Bertz CT molecular complexity index is 797. The summed E-state index contributed by atoms with van der Waals surface area (Å²) in [6.45, 7) is 11.9. The molecule has 0 bridgehead atoms. The fraction of sp³-hybridized carbons (Fsp3) is 0.600. The molecule has 0 amide bonds. The molecule has 0 spiro atoms. The second-order valence-electron chi connectivity index (χ2n) is 8.21. The summed E-state index contributed by atoms with van der Waals surface area (Å²) in [4.78, 5) is 33.4. The van der Waals surface area contributed by atoms with Gasteiger partial charge < -0.3 is 9.47 Å². The molecule has 26 heavy (non-hydrogen) atoms. The molecule has 1 fully saturated rings. The molecule has 2 unspecified atom stereocenters. The highest BCUT2D eigenvalue weighted by molar-refractivity contribution is 6.08. The van der Waals surface area contributed by atoms with Gasteiger partial charge in [-0.3, -0.25) is 4.99 Å². The number of hydrogen-bond donors (Lipinski definition) is 0. The minimum absolute atomic E-state index is 0.0936. The fourth-order valence-corrected chi connectivity index (χ4v) is 4.01. The summed E-state index contributed by atoms with van der Waals surface area (Å²) in [7, 11) is 0. The Hall–Kier alpha value is -2.24. The summed E-state index contributed by atoms with van der Waals surface area (Å²) in [5, 5.41) is 0. The van der Waals surface area contributed by atoms with E-state index in [1.807, 2.05) is 33.9 Å². The number of nitrogens with zero attached hydrogens (tertiary/aromatic N) is 2. The Balaban J connectivity index is 2.08. The number of hydrogen-bond acceptors (Lipinski definition) is 6. The molecule has 3 atom stereocenters. The molecule has 0 saturated heterocycles. The van der Waals surface area contributed by atoms with Crippen LogP contribution in [0, 0.1) is 16.7 Å². The molecule has 1 aliphatic carbocycles. The molecule has 1 saturated carbocycles. The molecular formula is C20H26N2O4. The number of aliphatic imine (C=N–C) groups is 2. The summed E-state index contributed by atoms with van der Waals surface area (Å²) in [5.74, 6) is -0.238. The van der Waals surface area contributed by atoms with Crippen molar-refractivity contribution in [3.63, 3.8) is 0 Å². The maximum Gasteiger partial charge on any atom is 0.363 e. The van der Waals surface area contributed by atoms with Crippen LogP contribution >= 0.6 is 0 Å². The number of carbonyl (C=O) groups is 2. The molecule has 6 nitrogen and oxygen atoms in total. The Morgan fingerprint density at radius 1 is 1.08 bits per heavy atom. The van der Waals surface area contributed by atoms with Crippen molar-refractivity contribution in [3.8, 4) is 0 Å². The molecule has 3 aliphatic rings. The molecule has 2 aliphatic heterocycles. The van der Waals surface area contributed by atoms with Crippen LogP contribution in [0.1, 0.15) is 54.4 Å². The largest absolute Gasteiger partial charge is 0.461 e. The average Bonchev–Trinajstić information content (AvgIpc) is 3.05. The molecule has 0 aromatic rings. The number of cyclic esters (lactones) is 2. The number of fused-ring (bicyclic) bond motifs is 1. The minimum Gasteiger partial charge on any atom is -0.461 e. The topological polar surface area (TPSA) is 77.3 Å². The number of rotatable bonds is 1. The van der Waals surface area contributed by atoms with Gasteiger partial charge in [0.25, 0.3) is 0 Å². The maximum absolute atomic E-state index is 12.2. The third-order valence-electron chi connectivity index (χ3n) is 6.12. The number of allylic oxidation sites excluding steroid dienone is 2. The van der Waals surface area contributed by atoms with Crippen molar-refractivity contribution in [2.75, 3.05) is 6.61 Å². The van der Waals surface area contributed by atoms with Crippen LogP contribution in [0.2, 0.25) is 0 Å². The normalized spacial score (nSPS) is 33.9. The van der Waals surface area contributed by atoms with Crippen LogP contribution in [0.3, 0.4) is 0 Å². The van der Waals surface area contributed by atoms with Gasteiger partial charge in [0.1, 0.15) is 5.70 Å². The Kier molecular flexibility index (Phi) is 4.41. The summed E-state index contributed by atoms with van der Waals surface area (Å²) in [5.41, 5.74) is 1.43. The zero-order valence-electron chi connectivity index (χ0n) is 16.3. The molecular weight excluding hydrogens is 332 g/mol. The first-order chi connectivity index (χ1) is 12.1. The summed E-state index contributed by atoms with van der Waals surface area (Å²) in [6.07, 6.45) is 3.48. The molecule has 0 radical (unpaired) electrons. The van der Waals surface area contributed by atoms with Crippen molar-refractivity contribution < 1.29 is 19.1 Å². The van der Waals surface area contributed by atoms with Gasteiger partial charge in [-0.25, -0.2) is 14.6 Å². The first-order valence-electron chi connectivity index (χ1n) is 8.99. The van der Waals surface area contributed by atoms with E-state index in [0.29, 0.717) is 23.9 Å². The van der Waals surface area contributed by atoms with Crippen LogP contribution in [-0.2, 0) is 19.1 Å². The molecule has 2 heterocycles. The predicted molar refractivity (Wildman–Crippen MR) is 98.7 cm³/mol. The molecule has 0 aromatic heterocycles. The quantitative estimate of drug-likeness (QED) is 0.530. The van der Waals surface area contributed by atoms with E-state index in [-0.39, 0.29) is 11.9 Å². The van der Waals surface area contributed by atoms with Crippen molar-refractivity contribution >= 4 is 24.1 Å². The van der Waals surface area contributed by atoms with E-state index in [1.165, 1.54) is 0 Å². The van der Waals surface area contributed by atoms with Gasteiger partial charge in [0.15, 0.2) is 5.70 Å². The monoisotopic (exact) mass is 358 g/mol. The smallest absolute Gasteiger partial charge is 0.363 e. The Morgan fingerprint density at radius 3 is 2.31 bits per heavy atom. The van der Waals surface area contributed by atoms with Crippen molar-refractivity contribution in [3.05, 3.63) is 22.5 Å². The van der Waals surface area contributed by atoms with E-state index >= 15 is 0 Å². The van der Waals surface area contributed by atoms with Crippen LogP contribution < -0.4 is 0 Å². The fourth-order valence-electron chi connectivity index (χ4n) is 4.01. The third-order valence-corrected chi connectivity index (χ3v) is 6.12. The molecule has 0 aromatic carbocycles. The predicted octanol–water partition coefficient (Wildman–Crippen LogP) is 3.58. The van der Waals surface area contributed by atoms with E-state index < -0.39 is 16.8 Å². The Morgan fingerprint density at radius 2 is 1.73 bits per heavy atom. The van der Waals surface area contributed by atoms with Crippen LogP contribution in [0.15, 0.2) is 32.5 Å². The Labute approximate surface area is 154 Å². The lowest BCUT2D eigenvalue weighted by Gasteiger charge is -2.41. The SMILES string of the molecule is CC(C)=C1N=CC2(C)C(CC[C@]2(C)C2=NC(=C(C)C)C(=O)O2)COC1=O. The number of carbonyl (C=O) groups excluding carboxylic acids is 2. The molecule has 3 rings (SSSR count). The van der Waals surface area contributed by atoms with E-state index in [2.05, 4.69) is 23.8 Å². The van der Waals surface area contributed by atoms with Gasteiger partial charge in [-0.05, 0) is 58.6 Å². The second kappa shape index (κ2) is 6.18. The second-order valence-corrected chi connectivity index (χ2v) is 8.21. The highest BCUT2D eigenvalue weighted by Crippen LogP contribution is 2.57. The molecule has 140 valence electrons. The van der Waals surface area contributed by atoms with E-state index in [9.17, 15) is 9.59 Å². The first-order valence-corrected chi connectivity index (χ1v) is 8.99. The summed E-state index contributed by atoms with van der Waals surface area (Å²) in [6, 6.07) is 0. The van der Waals surface area contributed by atoms with Crippen molar-refractivity contribution in [2.45, 2.75) is 54.4 Å². The first kappa shape index (κ1) is 18.5. The van der Waals surface area contributed by atoms with Gasteiger partial charge in [0.05, 0.1) is 12.0 Å². The summed E-state index contributed by atoms with van der Waals surface area (Å²) >= 11 is 0. The highest BCUT2D eigenvalue weighted by Gasteiger charge is 2.59. The van der Waals surface area contributed by atoms with Crippen LogP contribution in [0.25, 0.3) is 0 Å². The van der Waals surface area contributed by atoms with Gasteiger partial charge >= 0.3 is 11.9 Å². The standard InChI is InChI=1S/C20H26N2O4/c1-11(2)14-16(23)25-9-13-7-8-19(5,20(13,6)10-21-14)18-22-15(12(3)4)17(24)26-18/h10,13H,7-9H2,1-6H3/t13?,19-,20?/m1/s1. The molecule has 0 N–H and O–H groups in total. The molecule has 6 heteroatoms. The van der Waals surface area contributed by atoms with Crippen LogP contribution in [0.5, 0.6) is 0 Å². The lowest BCUT2D eigenvalue weighted by Crippen LogP contribution is -2.46. The van der Waals surface area contributed by atoms with Gasteiger partial charge in [-0.15, -0.1) is 0 Å². The zero-order chi connectivity index (χ0) is 19.3.